The Morgan fingerprint density at radius 2 is 2.03 bits per heavy atom. The summed E-state index contributed by atoms with van der Waals surface area (Å²) in [6.07, 6.45) is 8.86. The second-order valence-electron chi connectivity index (χ2n) is 8.76. The molecule has 2 fully saturated rings. The van der Waals surface area contributed by atoms with Crippen molar-refractivity contribution in [1.29, 1.82) is 0 Å². The zero-order valence-electron chi connectivity index (χ0n) is 17.8. The van der Waals surface area contributed by atoms with Crippen molar-refractivity contribution in [1.82, 2.24) is 19.4 Å². The van der Waals surface area contributed by atoms with Crippen LogP contribution in [0.5, 0.6) is 5.88 Å². The van der Waals surface area contributed by atoms with Crippen LogP contribution in [0.4, 0.5) is 5.82 Å². The lowest BCUT2D eigenvalue weighted by molar-refractivity contribution is -0.117. The summed E-state index contributed by atoms with van der Waals surface area (Å²) in [6, 6.07) is 13.5. The van der Waals surface area contributed by atoms with E-state index in [1.807, 2.05) is 40.9 Å². The van der Waals surface area contributed by atoms with Gasteiger partial charge in [0, 0.05) is 29.4 Å². The molecule has 2 aliphatic rings. The number of carbonyl (C=O) groups excluding carboxylic acids is 1. The Labute approximate surface area is 195 Å². The van der Waals surface area contributed by atoms with Crippen LogP contribution >= 0.6 is 11.6 Å². The fourth-order valence-electron chi connectivity index (χ4n) is 4.23. The fraction of sp³-hybridized carbons (Fsp3) is 0.280. The number of halogens is 1. The van der Waals surface area contributed by atoms with Crippen molar-refractivity contribution in [2.24, 2.45) is 5.92 Å². The van der Waals surface area contributed by atoms with Crippen LogP contribution in [0.25, 0.3) is 5.65 Å². The molecule has 4 aromatic rings. The van der Waals surface area contributed by atoms with Gasteiger partial charge in [-0.3, -0.25) is 4.79 Å². The molecular formula is C25H22ClN5O2. The van der Waals surface area contributed by atoms with Gasteiger partial charge in [-0.15, -0.1) is 0 Å². The van der Waals surface area contributed by atoms with Gasteiger partial charge < -0.3 is 14.5 Å². The van der Waals surface area contributed by atoms with Gasteiger partial charge in [-0.1, -0.05) is 29.8 Å². The fourth-order valence-corrected chi connectivity index (χ4v) is 4.43. The predicted molar refractivity (Wildman–Crippen MR) is 124 cm³/mol. The molecule has 2 aliphatic carbocycles. The second kappa shape index (κ2) is 8.15. The van der Waals surface area contributed by atoms with Gasteiger partial charge in [0.25, 0.3) is 0 Å². The van der Waals surface area contributed by atoms with Crippen LogP contribution in [0.3, 0.4) is 0 Å². The number of anilines is 1. The third-order valence-electron chi connectivity index (χ3n) is 6.24. The van der Waals surface area contributed by atoms with Crippen LogP contribution in [0.1, 0.15) is 47.9 Å². The van der Waals surface area contributed by atoms with Crippen LogP contribution in [-0.2, 0) is 11.4 Å². The Morgan fingerprint density at radius 3 is 2.88 bits per heavy atom. The number of ether oxygens (including phenoxy) is 1. The maximum atomic E-state index is 12.7. The van der Waals surface area contributed by atoms with E-state index in [1.54, 1.807) is 6.07 Å². The molecule has 0 spiro atoms. The molecule has 1 amide bonds. The van der Waals surface area contributed by atoms with Crippen molar-refractivity contribution < 1.29 is 9.53 Å². The van der Waals surface area contributed by atoms with Gasteiger partial charge in [-0.25, -0.2) is 15.0 Å². The van der Waals surface area contributed by atoms with Gasteiger partial charge in [-0.2, -0.15) is 0 Å². The van der Waals surface area contributed by atoms with Gasteiger partial charge in [0.05, 0.1) is 5.69 Å². The number of carbonyl (C=O) groups is 1. The van der Waals surface area contributed by atoms with Gasteiger partial charge in [-0.05, 0) is 60.4 Å². The number of hydrogen-bond acceptors (Lipinski definition) is 5. The first-order valence-corrected chi connectivity index (χ1v) is 11.5. The zero-order chi connectivity index (χ0) is 22.4. The largest absolute Gasteiger partial charge is 0.471 e. The Balaban J connectivity index is 1.08. The number of imidazole rings is 1. The van der Waals surface area contributed by atoms with E-state index in [-0.39, 0.29) is 24.3 Å². The maximum absolute atomic E-state index is 12.7. The van der Waals surface area contributed by atoms with Crippen molar-refractivity contribution >= 4 is 29.0 Å². The van der Waals surface area contributed by atoms with Gasteiger partial charge in [0.1, 0.15) is 24.4 Å². The third kappa shape index (κ3) is 4.41. The Bertz CT molecular complexity index is 1350. The molecule has 0 saturated heterocycles. The Hall–Kier alpha value is -3.45. The van der Waals surface area contributed by atoms with Crippen LogP contribution in [0, 0.1) is 5.92 Å². The smallest absolute Gasteiger partial charge is 0.229 e. The molecule has 7 nitrogen and oxygen atoms in total. The monoisotopic (exact) mass is 459 g/mol. The molecule has 3 heterocycles. The summed E-state index contributed by atoms with van der Waals surface area (Å²) in [5.41, 5.74) is 4.16. The first-order valence-electron chi connectivity index (χ1n) is 11.1. The molecule has 8 heteroatoms. The van der Waals surface area contributed by atoms with E-state index in [0.29, 0.717) is 22.6 Å². The number of hydrogen-bond donors (Lipinski definition) is 1. The molecule has 0 aliphatic heterocycles. The number of benzene rings is 1. The van der Waals surface area contributed by atoms with Crippen molar-refractivity contribution in [3.8, 4) is 5.88 Å². The average molecular weight is 460 g/mol. The number of nitrogens with zero attached hydrogens (tertiary/aromatic N) is 4. The summed E-state index contributed by atoms with van der Waals surface area (Å²) in [6.45, 7) is 0.282. The summed E-state index contributed by atoms with van der Waals surface area (Å²) in [4.78, 5) is 25.6. The minimum absolute atomic E-state index is 0.0588. The van der Waals surface area contributed by atoms with Gasteiger partial charge >= 0.3 is 0 Å². The molecule has 33 heavy (non-hydrogen) atoms. The second-order valence-corrected chi connectivity index (χ2v) is 9.19. The van der Waals surface area contributed by atoms with E-state index in [9.17, 15) is 4.79 Å². The van der Waals surface area contributed by atoms with E-state index in [4.69, 9.17) is 16.3 Å². The molecule has 0 bridgehead atoms. The number of nitrogens with one attached hydrogen (secondary N) is 1. The minimum atomic E-state index is -0.0821. The first kappa shape index (κ1) is 20.2. The molecule has 3 aromatic heterocycles. The molecule has 6 rings (SSSR count). The molecule has 2 saturated carbocycles. The average Bonchev–Trinajstić information content (AvgIpc) is 3.74. The number of pyridine rings is 1. The quantitative estimate of drug-likeness (QED) is 0.421. The summed E-state index contributed by atoms with van der Waals surface area (Å²) in [5, 5.41) is 3.56. The van der Waals surface area contributed by atoms with Crippen molar-refractivity contribution in [3.05, 3.63) is 83.0 Å². The van der Waals surface area contributed by atoms with Crippen LogP contribution in [0.2, 0.25) is 5.02 Å². The summed E-state index contributed by atoms with van der Waals surface area (Å²) < 4.78 is 7.87. The molecule has 1 N–H and O–H groups in total. The summed E-state index contributed by atoms with van der Waals surface area (Å²) in [5.74, 6) is 1.56. The SMILES string of the molecule is O=C(Nc1cc(OCc2cn3cc(C4CC4)ccc3n2)ncn1)[C@H]1CC1c1cccc(Cl)c1. The van der Waals surface area contributed by atoms with Crippen molar-refractivity contribution in [2.75, 3.05) is 5.32 Å². The molecule has 166 valence electrons. The lowest BCUT2D eigenvalue weighted by atomic mass is 10.1. The maximum Gasteiger partial charge on any atom is 0.229 e. The number of rotatable bonds is 7. The topological polar surface area (TPSA) is 81.4 Å². The van der Waals surface area contributed by atoms with Gasteiger partial charge in [0.15, 0.2) is 0 Å². The highest BCUT2D eigenvalue weighted by Crippen LogP contribution is 2.48. The highest BCUT2D eigenvalue weighted by molar-refractivity contribution is 6.30. The highest BCUT2D eigenvalue weighted by Gasteiger charge is 2.44. The highest BCUT2D eigenvalue weighted by atomic mass is 35.5. The number of amides is 1. The Morgan fingerprint density at radius 1 is 1.12 bits per heavy atom. The predicted octanol–water partition coefficient (Wildman–Crippen LogP) is 4.98. The lowest BCUT2D eigenvalue weighted by Crippen LogP contribution is -2.15. The van der Waals surface area contributed by atoms with E-state index in [0.717, 1.165) is 23.3 Å². The molecule has 1 unspecified atom stereocenters. The first-order chi connectivity index (χ1) is 16.1. The number of fused-ring (bicyclic) bond motifs is 1. The van der Waals surface area contributed by atoms with E-state index in [2.05, 4.69) is 32.5 Å². The van der Waals surface area contributed by atoms with E-state index >= 15 is 0 Å². The Kier molecular flexibility index (Phi) is 4.99. The van der Waals surface area contributed by atoms with E-state index < -0.39 is 0 Å². The minimum Gasteiger partial charge on any atom is -0.471 e. The van der Waals surface area contributed by atoms with Crippen molar-refractivity contribution in [2.45, 2.75) is 37.7 Å². The van der Waals surface area contributed by atoms with E-state index in [1.165, 1.54) is 24.7 Å². The van der Waals surface area contributed by atoms with Gasteiger partial charge in [0.2, 0.25) is 11.8 Å². The van der Waals surface area contributed by atoms with Crippen LogP contribution in [0.15, 0.2) is 61.2 Å². The van der Waals surface area contributed by atoms with Crippen LogP contribution in [-0.4, -0.2) is 25.3 Å². The summed E-state index contributed by atoms with van der Waals surface area (Å²) in [7, 11) is 0. The third-order valence-corrected chi connectivity index (χ3v) is 6.47. The molecule has 2 atom stereocenters. The van der Waals surface area contributed by atoms with Crippen LogP contribution < -0.4 is 10.1 Å². The zero-order valence-corrected chi connectivity index (χ0v) is 18.6. The number of aromatic nitrogens is 4. The normalized spacial score (nSPS) is 19.4. The lowest BCUT2D eigenvalue weighted by Gasteiger charge is -2.07. The summed E-state index contributed by atoms with van der Waals surface area (Å²) >= 11 is 6.07. The molecular weight excluding hydrogens is 438 g/mol. The van der Waals surface area contributed by atoms with Crippen molar-refractivity contribution in [3.63, 3.8) is 0 Å². The molecule has 0 radical (unpaired) electrons. The standard InChI is InChI=1S/C25H22ClN5O2/c26-18-3-1-2-16(8-18)20-9-21(20)25(32)30-22-10-24(28-14-27-22)33-13-19-12-31-11-17(15-4-5-15)6-7-23(31)29-19/h1-3,6-8,10-12,14-15,20-21H,4-5,9,13H2,(H,27,28,30,32)/t20?,21-/m0/s1. The molecule has 1 aromatic carbocycles.